The highest BCUT2D eigenvalue weighted by Gasteiger charge is 2.37. The second-order valence-electron chi connectivity index (χ2n) is 14.7. The van der Waals surface area contributed by atoms with Crippen LogP contribution in [0.1, 0.15) is 64.3 Å². The van der Waals surface area contributed by atoms with E-state index >= 15 is 0 Å². The Morgan fingerprint density at radius 2 is 1.80 bits per heavy atom. The first-order valence-electron chi connectivity index (χ1n) is 19.1. The second-order valence-corrected chi connectivity index (χ2v) is 14.7. The van der Waals surface area contributed by atoms with Crippen LogP contribution < -0.4 is 20.9 Å². The molecule has 3 aromatic carbocycles. The van der Waals surface area contributed by atoms with E-state index in [0.29, 0.717) is 53.5 Å². The van der Waals surface area contributed by atoms with Crippen LogP contribution in [0, 0.1) is 5.92 Å². The number of aliphatic hydroxyl groups excluding tert-OH is 1. The van der Waals surface area contributed by atoms with Crippen molar-refractivity contribution in [2.24, 2.45) is 13.0 Å². The van der Waals surface area contributed by atoms with Gasteiger partial charge in [-0.3, -0.25) is 19.2 Å². The number of aromatic amines is 1. The van der Waals surface area contributed by atoms with Gasteiger partial charge in [-0.05, 0) is 91.8 Å². The SMILES string of the molecule is CN(CCCNCC(O)c1ccc(O)c2[nH]c(=O)ccc12)C(=O)c1cc(COc2cccc([C@@H](NC(=O)OC3CN4CCC3CC4)c3ccccc3)c2)nn1C. The van der Waals surface area contributed by atoms with Crippen LogP contribution in [0.15, 0.2) is 89.7 Å². The van der Waals surface area contributed by atoms with Gasteiger partial charge in [0.15, 0.2) is 0 Å². The van der Waals surface area contributed by atoms with Gasteiger partial charge < -0.3 is 40.2 Å². The van der Waals surface area contributed by atoms with Crippen LogP contribution in [0.3, 0.4) is 0 Å². The van der Waals surface area contributed by atoms with Gasteiger partial charge in [0.2, 0.25) is 5.56 Å². The third kappa shape index (κ3) is 9.05. The molecule has 2 bridgehead atoms. The van der Waals surface area contributed by atoms with Crippen LogP contribution in [-0.2, 0) is 18.4 Å². The molecule has 294 valence electrons. The number of nitrogens with one attached hydrogen (secondary N) is 3. The molecule has 0 radical (unpaired) electrons. The van der Waals surface area contributed by atoms with E-state index in [2.05, 4.69) is 25.6 Å². The van der Waals surface area contributed by atoms with Crippen LogP contribution in [0.4, 0.5) is 4.79 Å². The Morgan fingerprint density at radius 1 is 1.02 bits per heavy atom. The van der Waals surface area contributed by atoms with Gasteiger partial charge >= 0.3 is 6.09 Å². The van der Waals surface area contributed by atoms with Gasteiger partial charge in [0, 0.05) is 45.2 Å². The maximum absolute atomic E-state index is 13.4. The standard InChI is InChI=1S/C42H49N7O7/c1-47(19-7-18-43-24-36(51)32-12-14-35(50)40-33(32)13-15-38(52)44-40)41(53)34-23-30(46-48(34)2)26-55-31-11-6-10-29(22-31)39(28-8-4-3-5-9-28)45-42(54)56-37-25-49-20-16-27(37)17-21-49/h3-6,8-15,22-23,27,36-37,39,43,50-51H,7,16-21,24-26H2,1-2H3,(H,44,52)(H,45,54)/t36?,37?,39-/m0/s1. The first-order chi connectivity index (χ1) is 27.1. The Bertz CT molecular complexity index is 2200. The predicted molar refractivity (Wildman–Crippen MR) is 210 cm³/mol. The van der Waals surface area contributed by atoms with E-state index in [0.717, 1.165) is 43.6 Å². The van der Waals surface area contributed by atoms with Gasteiger partial charge in [0.05, 0.1) is 17.7 Å². The molecule has 2 aromatic heterocycles. The molecule has 5 heterocycles. The number of alkyl carbamates (subject to hydrolysis) is 1. The highest BCUT2D eigenvalue weighted by Crippen LogP contribution is 2.31. The molecule has 3 saturated heterocycles. The third-order valence-corrected chi connectivity index (χ3v) is 10.8. The number of aromatic hydroxyl groups is 1. The third-order valence-electron chi connectivity index (χ3n) is 10.8. The Labute approximate surface area is 325 Å². The molecule has 3 aliphatic rings. The quantitative estimate of drug-likeness (QED) is 0.0971. The number of pyridine rings is 1. The van der Waals surface area contributed by atoms with E-state index in [-0.39, 0.29) is 42.0 Å². The lowest BCUT2D eigenvalue weighted by molar-refractivity contribution is -0.0336. The summed E-state index contributed by atoms with van der Waals surface area (Å²) in [7, 11) is 3.46. The second kappa shape index (κ2) is 17.4. The van der Waals surface area contributed by atoms with E-state index in [1.807, 2.05) is 54.6 Å². The molecule has 14 heteroatoms. The molecular formula is C42H49N7O7. The number of hydrogen-bond acceptors (Lipinski definition) is 10. The Morgan fingerprint density at radius 3 is 2.57 bits per heavy atom. The molecule has 5 aromatic rings. The average molecular weight is 764 g/mol. The summed E-state index contributed by atoms with van der Waals surface area (Å²) in [4.78, 5) is 44.9. The lowest BCUT2D eigenvalue weighted by atomic mass is 9.86. The molecule has 3 atom stereocenters. The summed E-state index contributed by atoms with van der Waals surface area (Å²) in [5, 5.41) is 32.4. The molecule has 8 rings (SSSR count). The van der Waals surface area contributed by atoms with E-state index < -0.39 is 18.2 Å². The van der Waals surface area contributed by atoms with Crippen molar-refractivity contribution in [3.63, 3.8) is 0 Å². The molecule has 2 amide bonds. The first kappa shape index (κ1) is 38.6. The van der Waals surface area contributed by atoms with Gasteiger partial charge in [-0.2, -0.15) is 5.10 Å². The summed E-state index contributed by atoms with van der Waals surface area (Å²) in [6.45, 7) is 4.33. The number of carbonyl (C=O) groups excluding carboxylic acids is 2. The average Bonchev–Trinajstić information content (AvgIpc) is 3.59. The summed E-state index contributed by atoms with van der Waals surface area (Å²) in [5.74, 6) is 0.762. The lowest BCUT2D eigenvalue weighted by Gasteiger charge is -2.43. The molecule has 0 saturated carbocycles. The minimum absolute atomic E-state index is 0.0614. The number of fused-ring (bicyclic) bond motifs is 4. The van der Waals surface area contributed by atoms with Gasteiger partial charge in [-0.1, -0.05) is 48.5 Å². The molecule has 5 N–H and O–H groups in total. The fourth-order valence-electron chi connectivity index (χ4n) is 7.71. The lowest BCUT2D eigenvalue weighted by Crippen LogP contribution is -2.52. The van der Waals surface area contributed by atoms with Crippen LogP contribution in [0.25, 0.3) is 10.9 Å². The minimum atomic E-state index is -0.869. The van der Waals surface area contributed by atoms with E-state index in [9.17, 15) is 24.6 Å². The van der Waals surface area contributed by atoms with Crippen molar-refractivity contribution in [1.82, 2.24) is 35.2 Å². The highest BCUT2D eigenvalue weighted by molar-refractivity contribution is 5.92. The predicted octanol–water partition coefficient (Wildman–Crippen LogP) is 4.24. The summed E-state index contributed by atoms with van der Waals surface area (Å²) < 4.78 is 13.7. The fourth-order valence-corrected chi connectivity index (χ4v) is 7.71. The zero-order chi connectivity index (χ0) is 39.2. The normalized spacial score (nSPS) is 18.7. The summed E-state index contributed by atoms with van der Waals surface area (Å²) in [6, 6.07) is 24.7. The van der Waals surface area contributed by atoms with Crippen molar-refractivity contribution < 1.29 is 29.3 Å². The van der Waals surface area contributed by atoms with Crippen molar-refractivity contribution in [2.45, 2.75) is 44.1 Å². The van der Waals surface area contributed by atoms with E-state index in [4.69, 9.17) is 9.47 Å². The zero-order valence-electron chi connectivity index (χ0n) is 31.7. The van der Waals surface area contributed by atoms with Crippen LogP contribution in [0.5, 0.6) is 11.5 Å². The van der Waals surface area contributed by atoms with E-state index in [1.165, 1.54) is 12.1 Å². The number of ether oxygens (including phenoxy) is 2. The summed E-state index contributed by atoms with van der Waals surface area (Å²) >= 11 is 0. The number of aromatic nitrogens is 3. The Balaban J connectivity index is 0.905. The number of aliphatic hydroxyl groups is 1. The number of hydrogen-bond donors (Lipinski definition) is 5. The van der Waals surface area contributed by atoms with Crippen LogP contribution >= 0.6 is 0 Å². The minimum Gasteiger partial charge on any atom is -0.506 e. The highest BCUT2D eigenvalue weighted by atomic mass is 16.6. The van der Waals surface area contributed by atoms with Crippen molar-refractivity contribution in [2.75, 3.05) is 46.3 Å². The van der Waals surface area contributed by atoms with Crippen molar-refractivity contribution in [3.05, 3.63) is 123 Å². The number of rotatable bonds is 15. The van der Waals surface area contributed by atoms with Gasteiger partial charge in [0.25, 0.3) is 5.91 Å². The zero-order valence-corrected chi connectivity index (χ0v) is 31.7. The summed E-state index contributed by atoms with van der Waals surface area (Å²) in [6.07, 6.45) is 1.35. The molecule has 0 aliphatic carbocycles. The van der Waals surface area contributed by atoms with E-state index in [1.54, 1.807) is 41.9 Å². The largest absolute Gasteiger partial charge is 0.506 e. The number of phenolic OH excluding ortho intramolecular Hbond substituents is 1. The molecule has 14 nitrogen and oxygen atoms in total. The number of phenols is 1. The number of amides is 2. The molecular weight excluding hydrogens is 715 g/mol. The Hall–Kier alpha value is -5.70. The first-order valence-corrected chi connectivity index (χ1v) is 19.1. The summed E-state index contributed by atoms with van der Waals surface area (Å²) in [5.41, 5.74) is 3.31. The number of aryl methyl sites for hydroxylation is 1. The molecule has 3 aliphatic heterocycles. The van der Waals surface area contributed by atoms with Gasteiger partial charge in [0.1, 0.15) is 35.6 Å². The maximum Gasteiger partial charge on any atom is 0.408 e. The maximum atomic E-state index is 13.4. The van der Waals surface area contributed by atoms with Crippen LogP contribution in [-0.4, -0.2) is 99.2 Å². The van der Waals surface area contributed by atoms with Gasteiger partial charge in [-0.15, -0.1) is 0 Å². The molecule has 2 unspecified atom stereocenters. The molecule has 0 spiro atoms. The molecule has 3 fully saturated rings. The van der Waals surface area contributed by atoms with Crippen molar-refractivity contribution >= 4 is 22.9 Å². The number of H-pyrrole nitrogens is 1. The smallest absolute Gasteiger partial charge is 0.408 e. The monoisotopic (exact) mass is 763 g/mol. The topological polar surface area (TPSA) is 174 Å². The fraction of sp³-hybridized carbons (Fsp3) is 0.381. The van der Waals surface area contributed by atoms with Gasteiger partial charge in [-0.25, -0.2) is 4.79 Å². The number of nitrogens with zero attached hydrogens (tertiary/aromatic N) is 4. The van der Waals surface area contributed by atoms with Crippen molar-refractivity contribution in [3.8, 4) is 11.5 Å². The number of carbonyl (C=O) groups is 2. The van der Waals surface area contributed by atoms with Crippen LogP contribution in [0.2, 0.25) is 0 Å². The molecule has 56 heavy (non-hydrogen) atoms. The Kier molecular flexibility index (Phi) is 12.0. The number of benzene rings is 3. The number of piperidine rings is 3. The van der Waals surface area contributed by atoms with Crippen molar-refractivity contribution in [1.29, 1.82) is 0 Å².